The van der Waals surface area contributed by atoms with Crippen LogP contribution in [0.5, 0.6) is 5.75 Å². The molecule has 0 aliphatic carbocycles. The SMILES string of the molecule is N#CC1C(=N)Oc2c(c(=O)oc3ccccc23)C1c1ccsc1. The van der Waals surface area contributed by atoms with Gasteiger partial charge >= 0.3 is 5.63 Å². The molecule has 6 heteroatoms. The Morgan fingerprint density at radius 1 is 1.26 bits per heavy atom. The standard InChI is InChI=1S/C17H10N2O3S/c18-7-11-13(9-5-6-23-8-9)14-15(22-16(11)19)10-3-1-2-4-12(10)21-17(14)20/h1-6,8,11,13,19H. The summed E-state index contributed by atoms with van der Waals surface area (Å²) in [6.07, 6.45) is 0. The first-order valence-corrected chi connectivity index (χ1v) is 7.88. The fraction of sp³-hybridized carbons (Fsp3) is 0.118. The molecule has 0 bridgehead atoms. The minimum atomic E-state index is -0.846. The lowest BCUT2D eigenvalue weighted by Gasteiger charge is -2.28. The summed E-state index contributed by atoms with van der Waals surface area (Å²) in [7, 11) is 0. The van der Waals surface area contributed by atoms with E-state index in [2.05, 4.69) is 6.07 Å². The summed E-state index contributed by atoms with van der Waals surface area (Å²) in [5.41, 5.74) is 1.01. The van der Waals surface area contributed by atoms with Gasteiger partial charge in [0.15, 0.2) is 5.75 Å². The molecule has 0 spiro atoms. The van der Waals surface area contributed by atoms with Crippen molar-refractivity contribution in [3.8, 4) is 11.8 Å². The highest BCUT2D eigenvalue weighted by Gasteiger charge is 2.40. The topological polar surface area (TPSA) is 87.1 Å². The van der Waals surface area contributed by atoms with Gasteiger partial charge in [-0.1, -0.05) is 12.1 Å². The molecule has 3 heterocycles. The number of hydrogen-bond donors (Lipinski definition) is 1. The Bertz CT molecular complexity index is 1010. The van der Waals surface area contributed by atoms with E-state index in [4.69, 9.17) is 14.6 Å². The molecule has 3 aromatic rings. The first-order chi connectivity index (χ1) is 11.2. The van der Waals surface area contributed by atoms with Gasteiger partial charge in [-0.3, -0.25) is 5.41 Å². The molecule has 1 aliphatic heterocycles. The smallest absolute Gasteiger partial charge is 0.343 e. The molecule has 2 aromatic heterocycles. The van der Waals surface area contributed by atoms with Crippen LogP contribution in [0.15, 0.2) is 50.3 Å². The van der Waals surface area contributed by atoms with Gasteiger partial charge in [-0.05, 0) is 34.5 Å². The van der Waals surface area contributed by atoms with E-state index in [-0.39, 0.29) is 5.90 Å². The van der Waals surface area contributed by atoms with Gasteiger partial charge in [0.25, 0.3) is 0 Å². The lowest BCUT2D eigenvalue weighted by Crippen LogP contribution is -2.34. The molecule has 1 aromatic carbocycles. The third kappa shape index (κ3) is 1.98. The Kier molecular flexibility index (Phi) is 3.03. The van der Waals surface area contributed by atoms with Crippen molar-refractivity contribution in [1.82, 2.24) is 0 Å². The lowest BCUT2D eigenvalue weighted by molar-refractivity contribution is 0.431. The first kappa shape index (κ1) is 13.7. The minimum Gasteiger partial charge on any atom is -0.441 e. The van der Waals surface area contributed by atoms with E-state index in [9.17, 15) is 10.1 Å². The van der Waals surface area contributed by atoms with Crippen molar-refractivity contribution in [2.45, 2.75) is 5.92 Å². The van der Waals surface area contributed by atoms with E-state index >= 15 is 0 Å². The largest absolute Gasteiger partial charge is 0.441 e. The Balaban J connectivity index is 2.09. The Morgan fingerprint density at radius 2 is 2.09 bits per heavy atom. The molecule has 5 nitrogen and oxygen atoms in total. The number of nitriles is 1. The molecule has 112 valence electrons. The average molecular weight is 322 g/mol. The van der Waals surface area contributed by atoms with Crippen LogP contribution in [-0.2, 0) is 0 Å². The predicted molar refractivity (Wildman–Crippen MR) is 86.1 cm³/mol. The summed E-state index contributed by atoms with van der Waals surface area (Å²) in [6.45, 7) is 0. The Morgan fingerprint density at radius 3 is 2.83 bits per heavy atom. The van der Waals surface area contributed by atoms with Gasteiger partial charge in [0.1, 0.15) is 11.5 Å². The number of benzene rings is 1. The molecule has 4 rings (SSSR count). The quantitative estimate of drug-likeness (QED) is 0.695. The summed E-state index contributed by atoms with van der Waals surface area (Å²) in [5, 5.41) is 21.9. The summed E-state index contributed by atoms with van der Waals surface area (Å²) >= 11 is 1.48. The van der Waals surface area contributed by atoms with Gasteiger partial charge in [-0.2, -0.15) is 16.6 Å². The second-order valence-electron chi connectivity index (χ2n) is 5.24. The van der Waals surface area contributed by atoms with E-state index in [0.29, 0.717) is 22.3 Å². The van der Waals surface area contributed by atoms with Crippen LogP contribution in [0, 0.1) is 22.7 Å². The summed E-state index contributed by atoms with van der Waals surface area (Å²) in [5.74, 6) is -1.22. The number of rotatable bonds is 1. The fourth-order valence-corrected chi connectivity index (χ4v) is 3.65. The van der Waals surface area contributed by atoms with E-state index in [0.717, 1.165) is 5.56 Å². The number of thiophene rings is 1. The highest BCUT2D eigenvalue weighted by molar-refractivity contribution is 7.08. The van der Waals surface area contributed by atoms with Crippen LogP contribution in [0.2, 0.25) is 0 Å². The third-order valence-electron chi connectivity index (χ3n) is 3.98. The van der Waals surface area contributed by atoms with Crippen LogP contribution in [0.4, 0.5) is 0 Å². The number of nitrogens with one attached hydrogen (secondary N) is 1. The normalized spacial score (nSPS) is 19.9. The highest BCUT2D eigenvalue weighted by Crippen LogP contribution is 2.43. The zero-order chi connectivity index (χ0) is 16.0. The van der Waals surface area contributed by atoms with Crippen molar-refractivity contribution >= 4 is 28.2 Å². The van der Waals surface area contributed by atoms with E-state index in [1.807, 2.05) is 22.9 Å². The van der Waals surface area contributed by atoms with E-state index in [1.54, 1.807) is 18.2 Å². The lowest BCUT2D eigenvalue weighted by atomic mass is 9.80. The zero-order valence-electron chi connectivity index (χ0n) is 11.8. The zero-order valence-corrected chi connectivity index (χ0v) is 12.6. The molecule has 2 atom stereocenters. The second-order valence-corrected chi connectivity index (χ2v) is 6.02. The van der Waals surface area contributed by atoms with E-state index < -0.39 is 17.5 Å². The number of ether oxygens (including phenoxy) is 1. The number of fused-ring (bicyclic) bond motifs is 3. The fourth-order valence-electron chi connectivity index (χ4n) is 2.95. The van der Waals surface area contributed by atoms with Gasteiger partial charge in [-0.15, -0.1) is 0 Å². The Hall–Kier alpha value is -2.91. The van der Waals surface area contributed by atoms with Gasteiger partial charge < -0.3 is 9.15 Å². The molecule has 0 amide bonds. The van der Waals surface area contributed by atoms with Gasteiger partial charge in [0, 0.05) is 5.92 Å². The van der Waals surface area contributed by atoms with Gasteiger partial charge in [0.2, 0.25) is 5.90 Å². The number of nitrogens with zero attached hydrogens (tertiary/aromatic N) is 1. The predicted octanol–water partition coefficient (Wildman–Crippen LogP) is 3.50. The molecule has 0 fully saturated rings. The maximum atomic E-state index is 12.5. The minimum absolute atomic E-state index is 0.146. The molecular formula is C17H10N2O3S. The molecule has 0 saturated carbocycles. The summed E-state index contributed by atoms with van der Waals surface area (Å²) in [4.78, 5) is 12.5. The number of hydrogen-bond acceptors (Lipinski definition) is 6. The van der Waals surface area contributed by atoms with E-state index in [1.165, 1.54) is 11.3 Å². The van der Waals surface area contributed by atoms with Crippen molar-refractivity contribution in [1.29, 1.82) is 10.7 Å². The van der Waals surface area contributed by atoms with Gasteiger partial charge in [0.05, 0.1) is 17.0 Å². The van der Waals surface area contributed by atoms with Crippen molar-refractivity contribution in [3.05, 3.63) is 62.6 Å². The Labute approximate surface area is 134 Å². The first-order valence-electron chi connectivity index (χ1n) is 6.94. The van der Waals surface area contributed by atoms with Crippen LogP contribution in [-0.4, -0.2) is 5.90 Å². The van der Waals surface area contributed by atoms with Gasteiger partial charge in [-0.25, -0.2) is 4.79 Å². The van der Waals surface area contributed by atoms with Crippen LogP contribution in [0.3, 0.4) is 0 Å². The summed E-state index contributed by atoms with van der Waals surface area (Å²) in [6, 6.07) is 11.0. The maximum absolute atomic E-state index is 12.5. The highest BCUT2D eigenvalue weighted by atomic mass is 32.1. The molecular weight excluding hydrogens is 312 g/mol. The van der Waals surface area contributed by atoms with Crippen LogP contribution >= 0.6 is 11.3 Å². The van der Waals surface area contributed by atoms with Crippen LogP contribution in [0.25, 0.3) is 11.0 Å². The van der Waals surface area contributed by atoms with Crippen molar-refractivity contribution in [3.63, 3.8) is 0 Å². The molecule has 23 heavy (non-hydrogen) atoms. The molecule has 1 aliphatic rings. The molecule has 0 radical (unpaired) electrons. The average Bonchev–Trinajstić information content (AvgIpc) is 3.08. The number of para-hydroxylation sites is 1. The van der Waals surface area contributed by atoms with Crippen LogP contribution < -0.4 is 10.4 Å². The van der Waals surface area contributed by atoms with Crippen molar-refractivity contribution in [2.75, 3.05) is 0 Å². The summed E-state index contributed by atoms with van der Waals surface area (Å²) < 4.78 is 11.0. The van der Waals surface area contributed by atoms with Crippen molar-refractivity contribution < 1.29 is 9.15 Å². The monoisotopic (exact) mass is 322 g/mol. The molecule has 2 unspecified atom stereocenters. The van der Waals surface area contributed by atoms with Crippen LogP contribution in [0.1, 0.15) is 17.0 Å². The second kappa shape index (κ2) is 5.07. The molecule has 1 N–H and O–H groups in total. The van der Waals surface area contributed by atoms with Crippen molar-refractivity contribution in [2.24, 2.45) is 5.92 Å². The third-order valence-corrected chi connectivity index (χ3v) is 4.68. The molecule has 0 saturated heterocycles. The maximum Gasteiger partial charge on any atom is 0.343 e.